The molecule has 2 amide bonds. The van der Waals surface area contributed by atoms with Gasteiger partial charge < -0.3 is 9.80 Å². The van der Waals surface area contributed by atoms with Crippen LogP contribution < -0.4 is 0 Å². The van der Waals surface area contributed by atoms with Gasteiger partial charge in [-0.2, -0.15) is 0 Å². The fraction of sp³-hybridized carbons (Fsp3) is 0.650. The van der Waals surface area contributed by atoms with Crippen LogP contribution in [0.5, 0.6) is 0 Å². The number of piperidine rings is 2. The van der Waals surface area contributed by atoms with Crippen LogP contribution in [-0.4, -0.2) is 57.2 Å². The minimum Gasteiger partial charge on any atom is -0.342 e. The summed E-state index contributed by atoms with van der Waals surface area (Å²) >= 11 is 1.71. The Morgan fingerprint density at radius 3 is 2.73 bits per heavy atom. The molecular weight excluding hydrogens is 346 g/mol. The third-order valence-electron chi connectivity index (χ3n) is 5.73. The third kappa shape index (κ3) is 4.40. The van der Waals surface area contributed by atoms with Gasteiger partial charge in [-0.05, 0) is 49.5 Å². The highest BCUT2D eigenvalue weighted by Gasteiger charge is 2.42. The average Bonchev–Trinajstić information content (AvgIpc) is 2.66. The molecule has 0 N–H and O–H groups in total. The van der Waals surface area contributed by atoms with Crippen molar-refractivity contribution in [1.82, 2.24) is 14.8 Å². The fourth-order valence-electron chi connectivity index (χ4n) is 4.12. The van der Waals surface area contributed by atoms with Crippen LogP contribution in [0.2, 0.25) is 0 Å². The van der Waals surface area contributed by atoms with Crippen molar-refractivity contribution in [1.29, 1.82) is 0 Å². The zero-order valence-corrected chi connectivity index (χ0v) is 16.6. The van der Waals surface area contributed by atoms with E-state index in [1.807, 2.05) is 34.9 Å². The molecular formula is C20H29N3O2S. The monoisotopic (exact) mass is 375 g/mol. The number of amides is 2. The molecule has 1 aromatic heterocycles. The van der Waals surface area contributed by atoms with Crippen LogP contribution >= 0.6 is 11.8 Å². The number of carbonyl (C=O) groups is 2. The maximum atomic E-state index is 12.5. The van der Waals surface area contributed by atoms with Crippen LogP contribution in [0.1, 0.15) is 45.2 Å². The van der Waals surface area contributed by atoms with Crippen LogP contribution in [0.25, 0.3) is 0 Å². The maximum Gasteiger partial charge on any atom is 0.235 e. The van der Waals surface area contributed by atoms with Gasteiger partial charge in [-0.15, -0.1) is 11.8 Å². The quantitative estimate of drug-likeness (QED) is 0.794. The van der Waals surface area contributed by atoms with Crippen LogP contribution in [-0.2, 0) is 16.1 Å². The highest BCUT2D eigenvalue weighted by atomic mass is 32.2. The molecule has 2 fully saturated rings. The summed E-state index contributed by atoms with van der Waals surface area (Å²) in [5.74, 6) is 1.46. The van der Waals surface area contributed by atoms with Gasteiger partial charge in [-0.3, -0.25) is 14.6 Å². The number of carbonyl (C=O) groups excluding carboxylic acids is 2. The summed E-state index contributed by atoms with van der Waals surface area (Å²) in [5, 5.41) is 0.0441. The van der Waals surface area contributed by atoms with Crippen molar-refractivity contribution in [2.24, 2.45) is 5.41 Å². The second kappa shape index (κ2) is 8.42. The van der Waals surface area contributed by atoms with E-state index in [1.165, 1.54) is 0 Å². The molecule has 3 rings (SSSR count). The van der Waals surface area contributed by atoms with Crippen molar-refractivity contribution in [3.63, 3.8) is 0 Å². The van der Waals surface area contributed by atoms with Gasteiger partial charge in [-0.1, -0.05) is 13.0 Å². The smallest absolute Gasteiger partial charge is 0.235 e. The van der Waals surface area contributed by atoms with Crippen molar-refractivity contribution in [2.45, 2.75) is 51.3 Å². The Labute approximate surface area is 160 Å². The Kier molecular flexibility index (Phi) is 6.22. The standard InChI is InChI=1S/C20H29N3O2S/c1-3-26-16(2)19(25)22-12-9-20(10-13-22)8-7-18(24)23(15-20)14-17-6-4-5-11-21-17/h4-6,11,16H,3,7-10,12-15H2,1-2H3/t16-/m1/s1. The first-order valence-electron chi connectivity index (χ1n) is 9.61. The number of hydrogen-bond donors (Lipinski definition) is 0. The number of pyridine rings is 1. The Hall–Kier alpha value is -1.56. The van der Waals surface area contributed by atoms with Gasteiger partial charge in [0.25, 0.3) is 0 Å². The summed E-state index contributed by atoms with van der Waals surface area (Å²) in [6.45, 7) is 7.12. The molecule has 6 heteroatoms. The second-order valence-corrected chi connectivity index (χ2v) is 9.11. The molecule has 3 heterocycles. The molecule has 0 unspecified atom stereocenters. The summed E-state index contributed by atoms with van der Waals surface area (Å²) in [5.41, 5.74) is 1.11. The van der Waals surface area contributed by atoms with Crippen molar-refractivity contribution < 1.29 is 9.59 Å². The number of rotatable bonds is 5. The lowest BCUT2D eigenvalue weighted by Gasteiger charge is -2.47. The van der Waals surface area contributed by atoms with E-state index in [1.54, 1.807) is 18.0 Å². The van der Waals surface area contributed by atoms with Gasteiger partial charge >= 0.3 is 0 Å². The summed E-state index contributed by atoms with van der Waals surface area (Å²) < 4.78 is 0. The van der Waals surface area contributed by atoms with Gasteiger partial charge in [0.2, 0.25) is 11.8 Å². The van der Waals surface area contributed by atoms with E-state index in [4.69, 9.17) is 0 Å². The van der Waals surface area contributed by atoms with Crippen LogP contribution in [0, 0.1) is 5.41 Å². The van der Waals surface area contributed by atoms with Crippen LogP contribution in [0.3, 0.4) is 0 Å². The Balaban J connectivity index is 1.59. The largest absolute Gasteiger partial charge is 0.342 e. The minimum atomic E-state index is 0.0441. The maximum absolute atomic E-state index is 12.5. The second-order valence-electron chi connectivity index (χ2n) is 7.49. The molecule has 142 valence electrons. The Morgan fingerprint density at radius 2 is 2.08 bits per heavy atom. The molecule has 2 aliphatic heterocycles. The molecule has 5 nitrogen and oxygen atoms in total. The predicted octanol–water partition coefficient (Wildman–Crippen LogP) is 2.95. The first-order chi connectivity index (χ1) is 12.5. The molecule has 0 saturated carbocycles. The van der Waals surface area contributed by atoms with E-state index in [2.05, 4.69) is 11.9 Å². The van der Waals surface area contributed by atoms with E-state index < -0.39 is 0 Å². The Bertz CT molecular complexity index is 629. The van der Waals surface area contributed by atoms with E-state index in [-0.39, 0.29) is 22.5 Å². The molecule has 1 aromatic rings. The van der Waals surface area contributed by atoms with E-state index in [9.17, 15) is 9.59 Å². The van der Waals surface area contributed by atoms with Crippen molar-refractivity contribution in [2.75, 3.05) is 25.4 Å². The molecule has 1 spiro atoms. The number of nitrogens with zero attached hydrogens (tertiary/aromatic N) is 3. The van der Waals surface area contributed by atoms with E-state index in [0.717, 1.165) is 50.3 Å². The minimum absolute atomic E-state index is 0.0441. The first kappa shape index (κ1) is 19.2. The predicted molar refractivity (Wildman–Crippen MR) is 105 cm³/mol. The van der Waals surface area contributed by atoms with Crippen molar-refractivity contribution >= 4 is 23.6 Å². The van der Waals surface area contributed by atoms with Gasteiger partial charge in [0, 0.05) is 32.3 Å². The zero-order chi connectivity index (χ0) is 18.6. The molecule has 0 aliphatic carbocycles. The van der Waals surface area contributed by atoms with Crippen LogP contribution in [0.15, 0.2) is 24.4 Å². The molecule has 0 bridgehead atoms. The zero-order valence-electron chi connectivity index (χ0n) is 15.8. The highest BCUT2D eigenvalue weighted by molar-refractivity contribution is 8.00. The molecule has 26 heavy (non-hydrogen) atoms. The summed E-state index contributed by atoms with van der Waals surface area (Å²) in [6.07, 6.45) is 5.33. The molecule has 2 saturated heterocycles. The van der Waals surface area contributed by atoms with Crippen molar-refractivity contribution in [3.8, 4) is 0 Å². The molecule has 1 atom stereocenters. The van der Waals surface area contributed by atoms with Gasteiger partial charge in [0.05, 0.1) is 17.5 Å². The van der Waals surface area contributed by atoms with E-state index in [0.29, 0.717) is 13.0 Å². The fourth-order valence-corrected chi connectivity index (χ4v) is 4.91. The van der Waals surface area contributed by atoms with Crippen LogP contribution in [0.4, 0.5) is 0 Å². The number of hydrogen-bond acceptors (Lipinski definition) is 4. The van der Waals surface area contributed by atoms with Crippen molar-refractivity contribution in [3.05, 3.63) is 30.1 Å². The van der Waals surface area contributed by atoms with Gasteiger partial charge in [0.15, 0.2) is 0 Å². The van der Waals surface area contributed by atoms with Gasteiger partial charge in [-0.25, -0.2) is 0 Å². The number of thioether (sulfide) groups is 1. The SMILES string of the molecule is CCS[C@H](C)C(=O)N1CCC2(CCC(=O)N(Cc3ccccn3)C2)CC1. The Morgan fingerprint density at radius 1 is 1.31 bits per heavy atom. The normalized spacial score (nSPS) is 21.1. The lowest BCUT2D eigenvalue weighted by atomic mass is 9.72. The summed E-state index contributed by atoms with van der Waals surface area (Å²) in [4.78, 5) is 33.3. The molecule has 0 radical (unpaired) electrons. The molecule has 0 aromatic carbocycles. The van der Waals surface area contributed by atoms with E-state index >= 15 is 0 Å². The summed E-state index contributed by atoms with van der Waals surface area (Å²) in [6, 6.07) is 5.84. The lowest BCUT2D eigenvalue weighted by molar-refractivity contribution is -0.142. The highest BCUT2D eigenvalue weighted by Crippen LogP contribution is 2.40. The lowest BCUT2D eigenvalue weighted by Crippen LogP contribution is -2.53. The third-order valence-corrected chi connectivity index (χ3v) is 6.76. The average molecular weight is 376 g/mol. The topological polar surface area (TPSA) is 53.5 Å². The first-order valence-corrected chi connectivity index (χ1v) is 10.7. The number of likely N-dealkylation sites (tertiary alicyclic amines) is 2. The molecule has 2 aliphatic rings. The summed E-state index contributed by atoms with van der Waals surface area (Å²) in [7, 11) is 0. The van der Waals surface area contributed by atoms with Gasteiger partial charge in [0.1, 0.15) is 0 Å². The number of aromatic nitrogens is 1.